The molecule has 0 aliphatic carbocycles. The lowest BCUT2D eigenvalue weighted by atomic mass is 9.87. The first-order chi connectivity index (χ1) is 8.09. The lowest BCUT2D eigenvalue weighted by molar-refractivity contribution is -0.131. The Hall–Kier alpha value is -1.31. The van der Waals surface area contributed by atoms with E-state index in [0.29, 0.717) is 5.92 Å². The van der Waals surface area contributed by atoms with Crippen LogP contribution in [0.15, 0.2) is 24.3 Å². The van der Waals surface area contributed by atoms with Gasteiger partial charge in [0.05, 0.1) is 5.92 Å². The van der Waals surface area contributed by atoms with Crippen molar-refractivity contribution in [2.45, 2.75) is 32.6 Å². The smallest absolute Gasteiger partial charge is 0.229 e. The zero-order valence-corrected chi connectivity index (χ0v) is 10.9. The first-order valence-electron chi connectivity index (χ1n) is 6.42. The average molecular weight is 231 g/mol. The second-order valence-electron chi connectivity index (χ2n) is 5.39. The maximum absolute atomic E-state index is 12.4. The summed E-state index contributed by atoms with van der Waals surface area (Å²) in [5.74, 6) is 0.880. The summed E-state index contributed by atoms with van der Waals surface area (Å²) in [6.45, 7) is 5.20. The van der Waals surface area contributed by atoms with Crippen molar-refractivity contribution >= 4 is 5.91 Å². The molecule has 17 heavy (non-hydrogen) atoms. The lowest BCUT2D eigenvalue weighted by Crippen LogP contribution is -2.31. The van der Waals surface area contributed by atoms with Crippen molar-refractivity contribution in [3.05, 3.63) is 35.4 Å². The van der Waals surface area contributed by atoms with Gasteiger partial charge in [0, 0.05) is 13.6 Å². The first-order valence-corrected chi connectivity index (χ1v) is 6.42. The zero-order valence-electron chi connectivity index (χ0n) is 10.9. The van der Waals surface area contributed by atoms with Crippen LogP contribution in [-0.2, 0) is 11.2 Å². The van der Waals surface area contributed by atoms with E-state index in [0.717, 1.165) is 19.4 Å². The molecule has 1 aliphatic rings. The Morgan fingerprint density at radius 3 is 2.76 bits per heavy atom. The molecule has 2 rings (SSSR count). The number of carbonyl (C=O) groups is 1. The summed E-state index contributed by atoms with van der Waals surface area (Å²) in [6.07, 6.45) is 1.92. The fourth-order valence-corrected chi connectivity index (χ4v) is 2.60. The quantitative estimate of drug-likeness (QED) is 0.766. The SMILES string of the molecule is CC(C)C[C@@H]1C(=O)N(C)CCc2ccccc21. The number of fused-ring (bicyclic) bond motifs is 1. The van der Waals surface area contributed by atoms with Gasteiger partial charge in [-0.1, -0.05) is 38.1 Å². The molecule has 0 unspecified atom stereocenters. The molecular weight excluding hydrogens is 210 g/mol. The van der Waals surface area contributed by atoms with Gasteiger partial charge in [0.1, 0.15) is 0 Å². The molecule has 92 valence electrons. The number of rotatable bonds is 2. The average Bonchev–Trinajstić information content (AvgIpc) is 2.42. The molecule has 0 bridgehead atoms. The maximum Gasteiger partial charge on any atom is 0.229 e. The van der Waals surface area contributed by atoms with Crippen molar-refractivity contribution in [1.29, 1.82) is 0 Å². The minimum Gasteiger partial charge on any atom is -0.345 e. The monoisotopic (exact) mass is 231 g/mol. The van der Waals surface area contributed by atoms with Gasteiger partial charge in [-0.2, -0.15) is 0 Å². The molecule has 0 spiro atoms. The van der Waals surface area contributed by atoms with Crippen LogP contribution in [-0.4, -0.2) is 24.4 Å². The molecule has 1 aromatic carbocycles. The van der Waals surface area contributed by atoms with Crippen molar-refractivity contribution in [3.63, 3.8) is 0 Å². The van der Waals surface area contributed by atoms with Crippen molar-refractivity contribution in [2.75, 3.05) is 13.6 Å². The van der Waals surface area contributed by atoms with E-state index in [1.165, 1.54) is 11.1 Å². The summed E-state index contributed by atoms with van der Waals surface area (Å²) in [7, 11) is 1.92. The van der Waals surface area contributed by atoms with E-state index in [4.69, 9.17) is 0 Å². The van der Waals surface area contributed by atoms with Gasteiger partial charge >= 0.3 is 0 Å². The highest BCUT2D eigenvalue weighted by atomic mass is 16.2. The van der Waals surface area contributed by atoms with E-state index in [1.807, 2.05) is 18.0 Å². The molecule has 1 aliphatic heterocycles. The Morgan fingerprint density at radius 2 is 2.06 bits per heavy atom. The van der Waals surface area contributed by atoms with E-state index in [9.17, 15) is 4.79 Å². The predicted molar refractivity (Wildman–Crippen MR) is 70.0 cm³/mol. The van der Waals surface area contributed by atoms with Crippen LogP contribution in [0, 0.1) is 5.92 Å². The van der Waals surface area contributed by atoms with Crippen molar-refractivity contribution in [2.24, 2.45) is 5.92 Å². The Labute approximate surface area is 104 Å². The summed E-state index contributed by atoms with van der Waals surface area (Å²) >= 11 is 0. The fraction of sp³-hybridized carbons (Fsp3) is 0.533. The summed E-state index contributed by atoms with van der Waals surface area (Å²) in [5, 5.41) is 0. The molecule has 1 heterocycles. The Balaban J connectivity index is 2.39. The fourth-order valence-electron chi connectivity index (χ4n) is 2.60. The summed E-state index contributed by atoms with van der Waals surface area (Å²) in [6, 6.07) is 8.40. The highest BCUT2D eigenvalue weighted by Crippen LogP contribution is 2.31. The Bertz CT molecular complexity index is 411. The van der Waals surface area contributed by atoms with Gasteiger partial charge in [0.2, 0.25) is 5.91 Å². The van der Waals surface area contributed by atoms with Crippen molar-refractivity contribution in [3.8, 4) is 0 Å². The van der Waals surface area contributed by atoms with Gasteiger partial charge in [0.25, 0.3) is 0 Å². The standard InChI is InChI=1S/C15H21NO/c1-11(2)10-14-13-7-5-4-6-12(13)8-9-16(3)15(14)17/h4-7,11,14H,8-10H2,1-3H3/t14-/m0/s1. The van der Waals surface area contributed by atoms with Gasteiger partial charge in [0.15, 0.2) is 0 Å². The van der Waals surface area contributed by atoms with Crippen LogP contribution < -0.4 is 0 Å². The largest absolute Gasteiger partial charge is 0.345 e. The van der Waals surface area contributed by atoms with Crippen LogP contribution in [0.1, 0.15) is 37.3 Å². The van der Waals surface area contributed by atoms with Crippen molar-refractivity contribution < 1.29 is 4.79 Å². The molecular formula is C15H21NO. The third-order valence-electron chi connectivity index (χ3n) is 3.53. The number of hydrogen-bond donors (Lipinski definition) is 0. The number of nitrogens with zero attached hydrogens (tertiary/aromatic N) is 1. The third kappa shape index (κ3) is 2.51. The molecule has 0 saturated carbocycles. The molecule has 1 aromatic rings. The number of amides is 1. The molecule has 2 heteroatoms. The Kier molecular flexibility index (Phi) is 3.51. The van der Waals surface area contributed by atoms with E-state index < -0.39 is 0 Å². The molecule has 1 atom stereocenters. The zero-order chi connectivity index (χ0) is 12.4. The van der Waals surface area contributed by atoms with Gasteiger partial charge in [-0.15, -0.1) is 0 Å². The molecule has 1 amide bonds. The van der Waals surface area contributed by atoms with Crippen LogP contribution in [0.4, 0.5) is 0 Å². The van der Waals surface area contributed by atoms with Gasteiger partial charge in [-0.05, 0) is 29.9 Å². The van der Waals surface area contributed by atoms with Crippen LogP contribution in [0.25, 0.3) is 0 Å². The van der Waals surface area contributed by atoms with Crippen LogP contribution in [0.2, 0.25) is 0 Å². The van der Waals surface area contributed by atoms with E-state index >= 15 is 0 Å². The highest BCUT2D eigenvalue weighted by molar-refractivity contribution is 5.84. The topological polar surface area (TPSA) is 20.3 Å². The summed E-state index contributed by atoms with van der Waals surface area (Å²) in [4.78, 5) is 14.3. The van der Waals surface area contributed by atoms with Crippen LogP contribution >= 0.6 is 0 Å². The second-order valence-corrected chi connectivity index (χ2v) is 5.39. The second kappa shape index (κ2) is 4.91. The van der Waals surface area contributed by atoms with E-state index in [2.05, 4.69) is 32.0 Å². The molecule has 0 saturated heterocycles. The molecule has 0 radical (unpaired) electrons. The number of hydrogen-bond acceptors (Lipinski definition) is 1. The molecule has 0 N–H and O–H groups in total. The Morgan fingerprint density at radius 1 is 1.35 bits per heavy atom. The van der Waals surface area contributed by atoms with Gasteiger partial charge in [-0.3, -0.25) is 4.79 Å². The molecule has 2 nitrogen and oxygen atoms in total. The lowest BCUT2D eigenvalue weighted by Gasteiger charge is -2.22. The minimum atomic E-state index is 0.0544. The summed E-state index contributed by atoms with van der Waals surface area (Å²) < 4.78 is 0. The number of carbonyl (C=O) groups excluding carboxylic acids is 1. The van der Waals surface area contributed by atoms with Gasteiger partial charge in [-0.25, -0.2) is 0 Å². The highest BCUT2D eigenvalue weighted by Gasteiger charge is 2.29. The van der Waals surface area contributed by atoms with Crippen molar-refractivity contribution in [1.82, 2.24) is 4.90 Å². The van der Waals surface area contributed by atoms with E-state index in [1.54, 1.807) is 0 Å². The molecule has 0 aromatic heterocycles. The minimum absolute atomic E-state index is 0.0544. The normalized spacial score (nSPS) is 20.4. The van der Waals surface area contributed by atoms with Crippen LogP contribution in [0.5, 0.6) is 0 Å². The maximum atomic E-state index is 12.4. The predicted octanol–water partition coefficient (Wildman–Crippen LogP) is 2.83. The molecule has 0 fully saturated rings. The van der Waals surface area contributed by atoms with E-state index in [-0.39, 0.29) is 11.8 Å². The third-order valence-corrected chi connectivity index (χ3v) is 3.53. The van der Waals surface area contributed by atoms with Crippen LogP contribution in [0.3, 0.4) is 0 Å². The summed E-state index contributed by atoms with van der Waals surface area (Å²) in [5.41, 5.74) is 2.59. The van der Waals surface area contributed by atoms with Gasteiger partial charge < -0.3 is 4.90 Å². The first kappa shape index (κ1) is 12.2. The number of benzene rings is 1. The number of likely N-dealkylation sites (N-methyl/N-ethyl adjacent to an activating group) is 1.